The van der Waals surface area contributed by atoms with E-state index < -0.39 is 5.41 Å². The number of nitrogens with zero attached hydrogens (tertiary/aromatic N) is 2. The lowest BCUT2D eigenvalue weighted by Crippen LogP contribution is -2.26. The Kier molecular flexibility index (Phi) is 8.33. The molecule has 304 valence electrons. The van der Waals surface area contributed by atoms with Crippen molar-refractivity contribution >= 4 is 39.6 Å². The summed E-state index contributed by atoms with van der Waals surface area (Å²) < 4.78 is 2.48. The fourth-order valence-corrected chi connectivity index (χ4v) is 11.8. The first-order valence-electron chi connectivity index (χ1n) is 22.8. The summed E-state index contributed by atoms with van der Waals surface area (Å²) in [6, 6.07) is 72.9. The summed E-state index contributed by atoms with van der Waals surface area (Å²) in [5, 5.41) is 1.31. The van der Waals surface area contributed by atoms with Gasteiger partial charge >= 0.3 is 0 Å². The van der Waals surface area contributed by atoms with Crippen LogP contribution in [0.5, 0.6) is 0 Å². The second-order valence-corrected chi connectivity index (χ2v) is 18.0. The number of allylic oxidation sites excluding steroid dienone is 5. The van der Waals surface area contributed by atoms with Crippen LogP contribution in [-0.2, 0) is 11.8 Å². The maximum absolute atomic E-state index is 2.50. The summed E-state index contributed by atoms with van der Waals surface area (Å²) in [6.07, 6.45) is 13.4. The molecule has 1 aromatic heterocycles. The van der Waals surface area contributed by atoms with Gasteiger partial charge in [-0.3, -0.25) is 0 Å². The Labute approximate surface area is 375 Å². The molecule has 8 aromatic carbocycles. The zero-order chi connectivity index (χ0) is 42.4. The summed E-state index contributed by atoms with van der Waals surface area (Å²) in [4.78, 5) is 2.47. The Morgan fingerprint density at radius 3 is 1.77 bits per heavy atom. The van der Waals surface area contributed by atoms with Crippen LogP contribution in [0.4, 0.5) is 17.1 Å². The average molecular weight is 819 g/mol. The van der Waals surface area contributed by atoms with Crippen LogP contribution in [0.2, 0.25) is 0 Å². The number of benzene rings is 8. The molecule has 0 aliphatic heterocycles. The smallest absolute Gasteiger partial charge is 0.0726 e. The number of rotatable bonds is 6. The molecular weight excluding hydrogens is 773 g/mol. The van der Waals surface area contributed by atoms with Crippen molar-refractivity contribution < 1.29 is 0 Å². The Hall–Kier alpha value is -7.68. The predicted octanol–water partition coefficient (Wildman–Crippen LogP) is 15.8. The molecule has 9 aromatic rings. The Morgan fingerprint density at radius 1 is 0.531 bits per heavy atom. The minimum atomic E-state index is -0.415. The van der Waals surface area contributed by atoms with Crippen LogP contribution in [0, 0.1) is 5.92 Å². The van der Waals surface area contributed by atoms with E-state index in [0.717, 1.165) is 29.9 Å². The van der Waals surface area contributed by atoms with Gasteiger partial charge in [-0.15, -0.1) is 0 Å². The summed E-state index contributed by atoms with van der Waals surface area (Å²) in [7, 11) is 0. The molecular formula is C62H46N2. The third-order valence-corrected chi connectivity index (χ3v) is 14.6. The maximum Gasteiger partial charge on any atom is 0.0726 e. The second kappa shape index (κ2) is 14.4. The number of hydrogen-bond donors (Lipinski definition) is 0. The van der Waals surface area contributed by atoms with Crippen molar-refractivity contribution in [2.45, 2.75) is 31.1 Å². The summed E-state index contributed by atoms with van der Waals surface area (Å²) in [5.41, 5.74) is 22.9. The molecule has 2 atom stereocenters. The number of aromatic nitrogens is 1. The monoisotopic (exact) mass is 818 g/mol. The quantitative estimate of drug-likeness (QED) is 0.162. The molecule has 0 fully saturated rings. The third-order valence-electron chi connectivity index (χ3n) is 14.6. The van der Waals surface area contributed by atoms with Gasteiger partial charge in [0, 0.05) is 45.3 Å². The van der Waals surface area contributed by atoms with Crippen LogP contribution in [0.15, 0.2) is 218 Å². The molecule has 0 saturated carbocycles. The molecule has 2 heteroatoms. The van der Waals surface area contributed by atoms with Crippen molar-refractivity contribution in [2.24, 2.45) is 5.92 Å². The van der Waals surface area contributed by atoms with Gasteiger partial charge in [-0.2, -0.15) is 0 Å². The van der Waals surface area contributed by atoms with Gasteiger partial charge in [-0.25, -0.2) is 0 Å². The van der Waals surface area contributed by atoms with Gasteiger partial charge in [0.15, 0.2) is 0 Å². The Bertz CT molecular complexity index is 3330. The van der Waals surface area contributed by atoms with Gasteiger partial charge in [0.25, 0.3) is 0 Å². The van der Waals surface area contributed by atoms with Gasteiger partial charge in [0.1, 0.15) is 0 Å². The van der Waals surface area contributed by atoms with E-state index in [1.54, 1.807) is 0 Å². The minimum absolute atomic E-state index is 0.351. The lowest BCUT2D eigenvalue weighted by atomic mass is 9.70. The number of anilines is 3. The van der Waals surface area contributed by atoms with Gasteiger partial charge in [0.05, 0.1) is 10.9 Å². The van der Waals surface area contributed by atoms with Crippen LogP contribution >= 0.6 is 0 Å². The van der Waals surface area contributed by atoms with E-state index in [4.69, 9.17) is 0 Å². The highest BCUT2D eigenvalue weighted by Crippen LogP contribution is 2.63. The van der Waals surface area contributed by atoms with Gasteiger partial charge in [0.2, 0.25) is 0 Å². The second-order valence-electron chi connectivity index (χ2n) is 18.0. The molecule has 1 spiro atoms. The molecule has 1 heterocycles. The molecule has 0 saturated heterocycles. The first-order chi connectivity index (χ1) is 31.7. The molecule has 2 nitrogen and oxygen atoms in total. The largest absolute Gasteiger partial charge is 0.313 e. The molecule has 0 bridgehead atoms. The van der Waals surface area contributed by atoms with Gasteiger partial charge in [-0.1, -0.05) is 171 Å². The topological polar surface area (TPSA) is 8.17 Å². The fourth-order valence-electron chi connectivity index (χ4n) is 11.8. The zero-order valence-electron chi connectivity index (χ0n) is 35.8. The van der Waals surface area contributed by atoms with Gasteiger partial charge in [-0.05, 0) is 141 Å². The van der Waals surface area contributed by atoms with Crippen molar-refractivity contribution in [3.05, 3.63) is 263 Å². The van der Waals surface area contributed by atoms with Crippen molar-refractivity contribution in [1.29, 1.82) is 0 Å². The van der Waals surface area contributed by atoms with E-state index in [9.17, 15) is 0 Å². The van der Waals surface area contributed by atoms with E-state index in [-0.39, 0.29) is 0 Å². The first-order valence-corrected chi connectivity index (χ1v) is 22.8. The number of hydrogen-bond acceptors (Lipinski definition) is 1. The molecule has 0 amide bonds. The van der Waals surface area contributed by atoms with E-state index in [1.165, 1.54) is 89.1 Å². The standard InChI is InChI=1S/C62H46N2/c1-41-38-61-55(53-23-11-15-27-60(53)64(61)45-18-6-3-7-19-45)40-54(41)44-30-34-47(35-31-44)63(46-32-28-43(29-33-46)42-16-4-2-5-17-42)48-36-37-52-51-22-10-14-26-58(51)62(59(52)39-48)56-24-12-8-20-49(56)50-21-9-13-25-57(50)62/h2-16,18-37,39-42H,17,38H2,1H3. The Balaban J connectivity index is 0.958. The molecule has 0 radical (unpaired) electrons. The normalized spacial score (nSPS) is 17.1. The first kappa shape index (κ1) is 36.9. The van der Waals surface area contributed by atoms with E-state index in [1.807, 2.05) is 0 Å². The minimum Gasteiger partial charge on any atom is -0.313 e. The van der Waals surface area contributed by atoms with Crippen LogP contribution < -0.4 is 4.90 Å². The van der Waals surface area contributed by atoms with E-state index >= 15 is 0 Å². The highest BCUT2D eigenvalue weighted by Gasteiger charge is 2.51. The van der Waals surface area contributed by atoms with Crippen molar-refractivity contribution in [1.82, 2.24) is 4.57 Å². The summed E-state index contributed by atoms with van der Waals surface area (Å²) >= 11 is 0. The molecule has 0 N–H and O–H groups in total. The Morgan fingerprint density at radius 2 is 1.11 bits per heavy atom. The molecule has 2 unspecified atom stereocenters. The zero-order valence-corrected chi connectivity index (χ0v) is 35.8. The maximum atomic E-state index is 2.50. The van der Waals surface area contributed by atoms with Crippen molar-refractivity contribution in [3.63, 3.8) is 0 Å². The average Bonchev–Trinajstić information content (AvgIpc) is 3.96. The third kappa shape index (κ3) is 5.39. The van der Waals surface area contributed by atoms with Crippen molar-refractivity contribution in [3.8, 4) is 27.9 Å². The molecule has 4 aliphatic rings. The van der Waals surface area contributed by atoms with E-state index in [0.29, 0.717) is 11.8 Å². The molecule has 4 aliphatic carbocycles. The number of para-hydroxylation sites is 2. The lowest BCUT2D eigenvalue weighted by molar-refractivity contribution is 0.708. The molecule has 13 rings (SSSR count). The fraction of sp³-hybridized carbons (Fsp3) is 0.0968. The lowest BCUT2D eigenvalue weighted by Gasteiger charge is -2.32. The number of fused-ring (bicyclic) bond motifs is 13. The van der Waals surface area contributed by atoms with Crippen molar-refractivity contribution in [2.75, 3.05) is 4.90 Å². The highest BCUT2D eigenvalue weighted by molar-refractivity contribution is 6.00. The van der Waals surface area contributed by atoms with Crippen LogP contribution in [-0.4, -0.2) is 4.57 Å². The summed E-state index contributed by atoms with van der Waals surface area (Å²) in [5.74, 6) is 0.741. The van der Waals surface area contributed by atoms with Crippen LogP contribution in [0.3, 0.4) is 0 Å². The van der Waals surface area contributed by atoms with Gasteiger partial charge < -0.3 is 9.47 Å². The SMILES string of the molecule is CC1Cc2c(c3ccccc3n2-c2ccccc2)C=C1c1ccc(N(c2ccc(C3C=CC=CC3)cc2)c2ccc3c(c2)C2(c4ccccc4-c4ccccc42)c2ccccc2-3)cc1. The van der Waals surface area contributed by atoms with Crippen LogP contribution in [0.25, 0.3) is 50.5 Å². The molecule has 64 heavy (non-hydrogen) atoms. The van der Waals surface area contributed by atoms with Crippen LogP contribution in [0.1, 0.15) is 63.9 Å². The summed E-state index contributed by atoms with van der Waals surface area (Å²) in [6.45, 7) is 2.39. The predicted molar refractivity (Wildman–Crippen MR) is 267 cm³/mol. The highest BCUT2D eigenvalue weighted by atomic mass is 15.1. The van der Waals surface area contributed by atoms with E-state index in [2.05, 4.69) is 241 Å².